The summed E-state index contributed by atoms with van der Waals surface area (Å²) in [6.07, 6.45) is 7.03. The third-order valence-corrected chi connectivity index (χ3v) is 5.81. The Hall–Kier alpha value is -3.49. The van der Waals surface area contributed by atoms with Crippen molar-refractivity contribution in [3.05, 3.63) is 71.9 Å². The first-order valence-corrected chi connectivity index (χ1v) is 12.4. The lowest BCUT2D eigenvalue weighted by atomic mass is 9.92. The normalized spacial score (nSPS) is 15.3. The average molecular weight is 495 g/mol. The number of aldehydes is 1. The van der Waals surface area contributed by atoms with E-state index in [-0.39, 0.29) is 12.5 Å². The van der Waals surface area contributed by atoms with Crippen LogP contribution in [0.5, 0.6) is 0 Å². The van der Waals surface area contributed by atoms with Gasteiger partial charge in [-0.1, -0.05) is 48.5 Å². The maximum absolute atomic E-state index is 11.2. The summed E-state index contributed by atoms with van der Waals surface area (Å²) in [4.78, 5) is 34.4. The molecule has 1 aliphatic rings. The van der Waals surface area contributed by atoms with E-state index in [2.05, 4.69) is 50.7 Å². The molecule has 0 saturated carbocycles. The Bertz CT molecular complexity index is 1030. The summed E-state index contributed by atoms with van der Waals surface area (Å²) in [5, 5.41) is 7.09. The predicted molar refractivity (Wildman–Crippen MR) is 142 cm³/mol. The molecule has 1 fully saturated rings. The van der Waals surface area contributed by atoms with Crippen LogP contribution >= 0.6 is 0 Å². The summed E-state index contributed by atoms with van der Waals surface area (Å²) < 4.78 is 4.15. The molecule has 8 nitrogen and oxygen atoms in total. The second-order valence-corrected chi connectivity index (χ2v) is 8.53. The van der Waals surface area contributed by atoms with Crippen LogP contribution in [0.3, 0.4) is 0 Å². The van der Waals surface area contributed by atoms with E-state index in [0.717, 1.165) is 28.7 Å². The summed E-state index contributed by atoms with van der Waals surface area (Å²) in [7, 11) is 0. The van der Waals surface area contributed by atoms with Gasteiger partial charge in [0.05, 0.1) is 19.2 Å². The maximum atomic E-state index is 11.2. The molecule has 5 N–H and O–H groups in total. The molecular weight excluding hydrogens is 456 g/mol. The minimum Gasteiger partial charge on any atom is -0.468 e. The highest BCUT2D eigenvalue weighted by atomic mass is 16.5. The number of nitrogens with two attached hydrogens (primary N) is 1. The van der Waals surface area contributed by atoms with Crippen LogP contribution in [0.4, 0.5) is 0 Å². The number of aromatic amines is 1. The lowest BCUT2D eigenvalue weighted by molar-refractivity contribution is -0.128. The molecule has 0 unspecified atom stereocenters. The van der Waals surface area contributed by atoms with Gasteiger partial charge in [-0.15, -0.1) is 0 Å². The first-order valence-electron chi connectivity index (χ1n) is 12.4. The van der Waals surface area contributed by atoms with Crippen LogP contribution in [-0.4, -0.2) is 55.9 Å². The summed E-state index contributed by atoms with van der Waals surface area (Å²) in [6.45, 7) is 4.97. The van der Waals surface area contributed by atoms with Crippen LogP contribution in [0.25, 0.3) is 10.9 Å². The van der Waals surface area contributed by atoms with Gasteiger partial charge in [0.2, 0.25) is 5.91 Å². The number of ether oxygens (including phenoxy) is 1. The van der Waals surface area contributed by atoms with Gasteiger partial charge in [-0.2, -0.15) is 0 Å². The lowest BCUT2D eigenvalue weighted by Crippen LogP contribution is -2.40. The molecule has 194 valence electrons. The van der Waals surface area contributed by atoms with Crippen LogP contribution in [0, 0.1) is 5.92 Å². The molecule has 0 spiro atoms. The Kier molecular flexibility index (Phi) is 13.6. The molecule has 0 radical (unpaired) electrons. The molecule has 2 atom stereocenters. The van der Waals surface area contributed by atoms with E-state index < -0.39 is 6.04 Å². The smallest absolute Gasteiger partial charge is 0.293 e. The van der Waals surface area contributed by atoms with Crippen LogP contribution in [0.15, 0.2) is 60.8 Å². The first kappa shape index (κ1) is 28.7. The van der Waals surface area contributed by atoms with E-state index in [9.17, 15) is 14.4 Å². The number of fused-ring (bicyclic) bond motifs is 1. The van der Waals surface area contributed by atoms with E-state index in [0.29, 0.717) is 19.5 Å². The van der Waals surface area contributed by atoms with Crippen LogP contribution in [0.2, 0.25) is 0 Å². The summed E-state index contributed by atoms with van der Waals surface area (Å²) in [6, 6.07) is 18.1. The van der Waals surface area contributed by atoms with Gasteiger partial charge in [0, 0.05) is 23.5 Å². The number of carbonyl (C=O) groups is 3. The van der Waals surface area contributed by atoms with Crippen molar-refractivity contribution in [1.29, 1.82) is 0 Å². The van der Waals surface area contributed by atoms with Gasteiger partial charge in [0.15, 0.2) is 0 Å². The monoisotopic (exact) mass is 494 g/mol. The Balaban J connectivity index is 0.000000221. The Morgan fingerprint density at radius 2 is 1.92 bits per heavy atom. The fraction of sp³-hybridized carbons (Fsp3) is 0.393. The number of amides is 1. The fourth-order valence-corrected chi connectivity index (χ4v) is 4.05. The van der Waals surface area contributed by atoms with Crippen LogP contribution < -0.4 is 16.4 Å². The molecule has 2 heterocycles. The van der Waals surface area contributed by atoms with Gasteiger partial charge in [-0.25, -0.2) is 0 Å². The van der Waals surface area contributed by atoms with Crippen molar-refractivity contribution in [3.8, 4) is 0 Å². The number of piperidine rings is 1. The molecule has 36 heavy (non-hydrogen) atoms. The highest BCUT2D eigenvalue weighted by Gasteiger charge is 2.14. The zero-order chi connectivity index (χ0) is 26.0. The van der Waals surface area contributed by atoms with Crippen molar-refractivity contribution < 1.29 is 19.1 Å². The second kappa shape index (κ2) is 17.0. The number of nitrogens with one attached hydrogen (secondary N) is 3. The fourth-order valence-electron chi connectivity index (χ4n) is 4.05. The third kappa shape index (κ3) is 10.4. The first-order chi connectivity index (χ1) is 17.6. The third-order valence-electron chi connectivity index (χ3n) is 5.81. The second-order valence-electron chi connectivity index (χ2n) is 8.53. The molecule has 0 bridgehead atoms. The molecule has 3 aromatic rings. The number of carbonyl (C=O) groups excluding carboxylic acids is 3. The summed E-state index contributed by atoms with van der Waals surface area (Å²) in [5.74, 6) is 0.531. The topological polar surface area (TPSA) is 126 Å². The molecule has 1 amide bonds. The highest BCUT2D eigenvalue weighted by molar-refractivity contribution is 5.84. The Morgan fingerprint density at radius 3 is 2.53 bits per heavy atom. The van der Waals surface area contributed by atoms with Gasteiger partial charge in [-0.05, 0) is 62.4 Å². The van der Waals surface area contributed by atoms with Crippen molar-refractivity contribution in [2.45, 2.75) is 38.6 Å². The molecule has 1 saturated heterocycles. The zero-order valence-corrected chi connectivity index (χ0v) is 21.0. The van der Waals surface area contributed by atoms with E-state index >= 15 is 0 Å². The number of benzene rings is 2. The van der Waals surface area contributed by atoms with E-state index in [1.165, 1.54) is 37.9 Å². The average Bonchev–Trinajstić information content (AvgIpc) is 3.33. The predicted octanol–water partition coefficient (Wildman–Crippen LogP) is 2.76. The van der Waals surface area contributed by atoms with Gasteiger partial charge < -0.3 is 30.9 Å². The molecule has 2 aromatic carbocycles. The summed E-state index contributed by atoms with van der Waals surface area (Å²) in [5.41, 5.74) is 8.70. The molecule has 1 aromatic heterocycles. The van der Waals surface area contributed by atoms with E-state index in [1.54, 1.807) is 6.92 Å². The number of hydrogen-bond donors (Lipinski definition) is 4. The lowest BCUT2D eigenvalue weighted by Gasteiger charge is -2.22. The number of H-pyrrole nitrogens is 1. The maximum Gasteiger partial charge on any atom is 0.293 e. The quantitative estimate of drug-likeness (QED) is 0.339. The van der Waals surface area contributed by atoms with Gasteiger partial charge in [0.1, 0.15) is 6.29 Å². The van der Waals surface area contributed by atoms with Crippen molar-refractivity contribution >= 4 is 29.6 Å². The standard InChI is InChI=1S/C13H15N3O2.C12H17N.C3H6O2/c14-6-13(18)16-10(8-17)5-9-7-15-12-4-2-1-3-11(9)12;1-2-5-11(6-3-1)9-12-7-4-8-13-10-12;1-2-5-3-4/h1-4,7-8,10,15H,5-6,14H2,(H,16,18);1-3,5-6,12-13H,4,7-10H2;3H,2H2,1H3/t10-;12-;/m11./s1. The van der Waals surface area contributed by atoms with Crippen molar-refractivity contribution in [1.82, 2.24) is 15.6 Å². The van der Waals surface area contributed by atoms with Gasteiger partial charge >= 0.3 is 0 Å². The number of rotatable bonds is 9. The highest BCUT2D eigenvalue weighted by Crippen LogP contribution is 2.19. The molecule has 0 aliphatic carbocycles. The van der Waals surface area contributed by atoms with Gasteiger partial charge in [0.25, 0.3) is 6.47 Å². The SMILES string of the molecule is CCOC=O.NCC(=O)N[C@@H](C=O)Cc1c[nH]c2ccccc12.c1ccc(C[C@H]2CCCNC2)cc1. The van der Waals surface area contributed by atoms with Gasteiger partial charge in [-0.3, -0.25) is 9.59 Å². The molecule has 1 aliphatic heterocycles. The zero-order valence-electron chi connectivity index (χ0n) is 21.0. The van der Waals surface area contributed by atoms with Crippen LogP contribution in [0.1, 0.15) is 30.9 Å². The summed E-state index contributed by atoms with van der Waals surface area (Å²) >= 11 is 0. The van der Waals surface area contributed by atoms with Crippen molar-refractivity contribution in [2.24, 2.45) is 11.7 Å². The molecule has 4 rings (SSSR count). The van der Waals surface area contributed by atoms with E-state index in [4.69, 9.17) is 5.73 Å². The molecular formula is C28H38N4O4. The van der Waals surface area contributed by atoms with Crippen molar-refractivity contribution in [3.63, 3.8) is 0 Å². The van der Waals surface area contributed by atoms with Crippen molar-refractivity contribution in [2.75, 3.05) is 26.2 Å². The Labute approximate surface area is 213 Å². The number of para-hydroxylation sites is 1. The number of hydrogen-bond acceptors (Lipinski definition) is 6. The number of aromatic nitrogens is 1. The van der Waals surface area contributed by atoms with E-state index in [1.807, 2.05) is 30.5 Å². The largest absolute Gasteiger partial charge is 0.468 e. The molecule has 8 heteroatoms. The minimum absolute atomic E-state index is 0.113. The van der Waals surface area contributed by atoms with Crippen LogP contribution in [-0.2, 0) is 32.0 Å². The Morgan fingerprint density at radius 1 is 1.17 bits per heavy atom. The minimum atomic E-state index is -0.541.